The van der Waals surface area contributed by atoms with Crippen molar-refractivity contribution in [1.82, 2.24) is 9.88 Å². The molecule has 0 bridgehead atoms. The molecule has 1 heterocycles. The maximum Gasteiger partial charge on any atom is 0.238 e. The normalized spacial score (nSPS) is 10.7. The molecule has 1 aromatic carbocycles. The maximum absolute atomic E-state index is 12.1. The molecule has 1 aromatic heterocycles. The van der Waals surface area contributed by atoms with E-state index < -0.39 is 0 Å². The second kappa shape index (κ2) is 8.24. The maximum atomic E-state index is 12.1. The van der Waals surface area contributed by atoms with Gasteiger partial charge >= 0.3 is 0 Å². The number of benzene rings is 1. The monoisotopic (exact) mass is 409 g/mol. The predicted octanol–water partition coefficient (Wildman–Crippen LogP) is 3.11. The van der Waals surface area contributed by atoms with E-state index in [0.717, 1.165) is 29.9 Å². The summed E-state index contributed by atoms with van der Waals surface area (Å²) in [5.74, 6) is 0.00725. The van der Waals surface area contributed by atoms with Gasteiger partial charge in [0.05, 0.1) is 6.54 Å². The highest BCUT2D eigenvalue weighted by Crippen LogP contribution is 2.17. The summed E-state index contributed by atoms with van der Waals surface area (Å²) in [6.45, 7) is 3.18. The number of nitrogens with one attached hydrogen (secondary N) is 1. The van der Waals surface area contributed by atoms with Crippen molar-refractivity contribution >= 4 is 34.2 Å². The van der Waals surface area contributed by atoms with E-state index in [4.69, 9.17) is 0 Å². The Morgan fingerprint density at radius 1 is 1.32 bits per heavy atom. The number of carbonyl (C=O) groups excluding carboxylic acids is 1. The molecular weight excluding hydrogens is 389 g/mol. The Labute approximate surface area is 145 Å². The third-order valence-corrected chi connectivity index (χ3v) is 4.02. The van der Waals surface area contributed by atoms with Crippen LogP contribution in [0.25, 0.3) is 0 Å². The zero-order valence-electron chi connectivity index (χ0n) is 12.8. The highest BCUT2D eigenvalue weighted by atomic mass is 127. The molecule has 0 saturated carbocycles. The van der Waals surface area contributed by atoms with Gasteiger partial charge in [-0.05, 0) is 72.5 Å². The fourth-order valence-electron chi connectivity index (χ4n) is 2.13. The molecule has 0 aliphatic carbocycles. The summed E-state index contributed by atoms with van der Waals surface area (Å²) in [5.41, 5.74) is 3.00. The van der Waals surface area contributed by atoms with Crippen molar-refractivity contribution in [1.29, 1.82) is 0 Å². The van der Waals surface area contributed by atoms with Gasteiger partial charge in [0, 0.05) is 34.1 Å². The smallest absolute Gasteiger partial charge is 0.238 e. The van der Waals surface area contributed by atoms with E-state index in [1.54, 1.807) is 6.20 Å². The summed E-state index contributed by atoms with van der Waals surface area (Å²) in [6.07, 6.45) is 2.63. The first kappa shape index (κ1) is 16.9. The topological polar surface area (TPSA) is 45.2 Å². The van der Waals surface area contributed by atoms with Crippen molar-refractivity contribution in [2.45, 2.75) is 13.3 Å². The quantitative estimate of drug-likeness (QED) is 0.746. The largest absolute Gasteiger partial charge is 0.325 e. The van der Waals surface area contributed by atoms with Crippen molar-refractivity contribution in [3.05, 3.63) is 57.4 Å². The van der Waals surface area contributed by atoms with Crippen LogP contribution in [0.1, 0.15) is 11.3 Å². The van der Waals surface area contributed by atoms with Gasteiger partial charge in [-0.3, -0.25) is 14.7 Å². The third-order valence-electron chi connectivity index (χ3n) is 3.35. The average Bonchev–Trinajstić information content (AvgIpc) is 2.49. The molecule has 0 fully saturated rings. The molecule has 0 spiro atoms. The number of rotatable bonds is 6. The number of nitrogens with zero attached hydrogens (tertiary/aromatic N) is 2. The summed E-state index contributed by atoms with van der Waals surface area (Å²) < 4.78 is 1.17. The van der Waals surface area contributed by atoms with E-state index in [0.29, 0.717) is 6.54 Å². The summed E-state index contributed by atoms with van der Waals surface area (Å²) in [6, 6.07) is 11.9. The number of pyridine rings is 1. The van der Waals surface area contributed by atoms with E-state index in [-0.39, 0.29) is 5.91 Å². The molecule has 0 aliphatic heterocycles. The highest BCUT2D eigenvalue weighted by molar-refractivity contribution is 14.1. The van der Waals surface area contributed by atoms with Crippen LogP contribution in [0.4, 0.5) is 5.69 Å². The first-order valence-corrected chi connectivity index (χ1v) is 8.27. The molecule has 116 valence electrons. The summed E-state index contributed by atoms with van der Waals surface area (Å²) in [5, 5.41) is 2.97. The zero-order valence-corrected chi connectivity index (χ0v) is 15.0. The number of aryl methyl sites for hydroxylation is 1. The van der Waals surface area contributed by atoms with Gasteiger partial charge in [0.25, 0.3) is 0 Å². The van der Waals surface area contributed by atoms with Crippen molar-refractivity contribution < 1.29 is 4.79 Å². The van der Waals surface area contributed by atoms with Crippen molar-refractivity contribution in [2.75, 3.05) is 25.5 Å². The van der Waals surface area contributed by atoms with Gasteiger partial charge in [-0.15, -0.1) is 0 Å². The summed E-state index contributed by atoms with van der Waals surface area (Å²) in [4.78, 5) is 18.4. The van der Waals surface area contributed by atoms with Gasteiger partial charge in [-0.2, -0.15) is 0 Å². The minimum Gasteiger partial charge on any atom is -0.325 e. The van der Waals surface area contributed by atoms with Crippen LogP contribution < -0.4 is 5.32 Å². The molecule has 0 atom stereocenters. The molecule has 0 saturated heterocycles. The molecule has 2 rings (SSSR count). The van der Waals surface area contributed by atoms with Gasteiger partial charge in [0.1, 0.15) is 0 Å². The van der Waals surface area contributed by atoms with Gasteiger partial charge in [0.15, 0.2) is 0 Å². The lowest BCUT2D eigenvalue weighted by Gasteiger charge is -2.16. The van der Waals surface area contributed by atoms with E-state index in [9.17, 15) is 4.79 Å². The fraction of sp³-hybridized carbons (Fsp3) is 0.294. The van der Waals surface area contributed by atoms with Gasteiger partial charge in [-0.1, -0.05) is 6.07 Å². The molecule has 0 radical (unpaired) electrons. The number of aromatic nitrogens is 1. The Bertz CT molecular complexity index is 631. The number of halogens is 1. The minimum atomic E-state index is 0.00725. The number of likely N-dealkylation sites (N-methyl/N-ethyl adjacent to an activating group) is 1. The number of hydrogen-bond donors (Lipinski definition) is 1. The Morgan fingerprint density at radius 2 is 2.14 bits per heavy atom. The fourth-order valence-corrected chi connectivity index (χ4v) is 2.78. The molecule has 4 nitrogen and oxygen atoms in total. The average molecular weight is 409 g/mol. The van der Waals surface area contributed by atoms with E-state index in [1.807, 2.05) is 49.2 Å². The first-order chi connectivity index (χ1) is 10.5. The van der Waals surface area contributed by atoms with Crippen LogP contribution >= 0.6 is 22.6 Å². The van der Waals surface area contributed by atoms with Crippen LogP contribution in [0.5, 0.6) is 0 Å². The predicted molar refractivity (Wildman–Crippen MR) is 98.0 cm³/mol. The molecule has 1 amide bonds. The molecule has 2 aromatic rings. The Kier molecular flexibility index (Phi) is 6.33. The number of carbonyl (C=O) groups is 1. The third kappa shape index (κ3) is 5.38. The molecule has 0 aliphatic rings. The minimum absolute atomic E-state index is 0.00725. The first-order valence-electron chi connectivity index (χ1n) is 7.19. The van der Waals surface area contributed by atoms with Crippen LogP contribution in [-0.4, -0.2) is 35.9 Å². The highest BCUT2D eigenvalue weighted by Gasteiger charge is 2.09. The molecule has 5 heteroatoms. The number of amides is 1. The van der Waals surface area contributed by atoms with Crippen molar-refractivity contribution in [3.8, 4) is 0 Å². The lowest BCUT2D eigenvalue weighted by molar-refractivity contribution is -0.117. The standard InChI is InChI=1S/C17H20IN3O/c1-13-11-14(18)6-7-16(13)20-17(22)12-21(2)10-8-15-5-3-4-9-19-15/h3-7,9,11H,8,10,12H2,1-2H3,(H,20,22). The van der Waals surface area contributed by atoms with Crippen molar-refractivity contribution in [3.63, 3.8) is 0 Å². The molecule has 1 N–H and O–H groups in total. The summed E-state index contributed by atoms with van der Waals surface area (Å²) in [7, 11) is 1.95. The van der Waals surface area contributed by atoms with Gasteiger partial charge in [0.2, 0.25) is 5.91 Å². The lowest BCUT2D eigenvalue weighted by atomic mass is 10.2. The SMILES string of the molecule is Cc1cc(I)ccc1NC(=O)CN(C)CCc1ccccn1. The van der Waals surface area contributed by atoms with Crippen LogP contribution in [0.2, 0.25) is 0 Å². The zero-order chi connectivity index (χ0) is 15.9. The summed E-state index contributed by atoms with van der Waals surface area (Å²) >= 11 is 2.27. The van der Waals surface area contributed by atoms with Crippen LogP contribution in [0.15, 0.2) is 42.6 Å². The number of anilines is 1. The Hall–Kier alpha value is -1.47. The van der Waals surface area contributed by atoms with Crippen LogP contribution in [0, 0.1) is 10.5 Å². The number of hydrogen-bond acceptors (Lipinski definition) is 3. The van der Waals surface area contributed by atoms with Crippen molar-refractivity contribution in [2.24, 2.45) is 0 Å². The Morgan fingerprint density at radius 3 is 2.82 bits per heavy atom. The molecular formula is C17H20IN3O. The molecule has 0 unspecified atom stereocenters. The molecule has 22 heavy (non-hydrogen) atoms. The lowest BCUT2D eigenvalue weighted by Crippen LogP contribution is -2.31. The Balaban J connectivity index is 1.81. The second-order valence-corrected chi connectivity index (χ2v) is 6.56. The van der Waals surface area contributed by atoms with E-state index >= 15 is 0 Å². The van der Waals surface area contributed by atoms with E-state index in [1.165, 1.54) is 3.57 Å². The van der Waals surface area contributed by atoms with Gasteiger partial charge in [-0.25, -0.2) is 0 Å². The second-order valence-electron chi connectivity index (χ2n) is 5.32. The van der Waals surface area contributed by atoms with Crippen LogP contribution in [-0.2, 0) is 11.2 Å². The van der Waals surface area contributed by atoms with Gasteiger partial charge < -0.3 is 5.32 Å². The van der Waals surface area contributed by atoms with Crippen LogP contribution in [0.3, 0.4) is 0 Å². The van der Waals surface area contributed by atoms with E-state index in [2.05, 4.69) is 39.0 Å².